The molecular weight excluding hydrogens is 292 g/mol. The summed E-state index contributed by atoms with van der Waals surface area (Å²) in [5, 5.41) is 7.94. The summed E-state index contributed by atoms with van der Waals surface area (Å²) in [6, 6.07) is 6.35. The van der Waals surface area contributed by atoms with Crippen LogP contribution >= 0.6 is 0 Å². The topological polar surface area (TPSA) is 98.5 Å². The van der Waals surface area contributed by atoms with Gasteiger partial charge in [0.05, 0.1) is 23.5 Å². The highest BCUT2D eigenvalue weighted by Crippen LogP contribution is 2.31. The van der Waals surface area contributed by atoms with Crippen molar-refractivity contribution in [3.05, 3.63) is 29.8 Å². The minimum absolute atomic E-state index is 0.0254. The number of rotatable bonds is 6. The molecule has 0 unspecified atom stereocenters. The molecule has 21 heavy (non-hydrogen) atoms. The van der Waals surface area contributed by atoms with E-state index in [9.17, 15) is 13.2 Å². The molecule has 1 saturated heterocycles. The zero-order valence-electron chi connectivity index (χ0n) is 12.0. The molecule has 1 aromatic carbocycles. The third-order valence-corrected chi connectivity index (χ3v) is 4.80. The molecule has 1 aliphatic rings. The number of hydrogen-bond acceptors (Lipinski definition) is 4. The first-order valence-corrected chi connectivity index (χ1v) is 8.40. The van der Waals surface area contributed by atoms with E-state index in [1.54, 1.807) is 12.1 Å². The van der Waals surface area contributed by atoms with Crippen molar-refractivity contribution in [3.8, 4) is 0 Å². The lowest BCUT2D eigenvalue weighted by molar-refractivity contribution is -0.162. The summed E-state index contributed by atoms with van der Waals surface area (Å²) in [6.07, 6.45) is 1.40. The van der Waals surface area contributed by atoms with Gasteiger partial charge in [0.15, 0.2) is 0 Å². The largest absolute Gasteiger partial charge is 0.379 e. The molecule has 0 aromatic heterocycles. The smallest absolute Gasteiger partial charge is 0.238 e. The molecule has 7 heteroatoms. The molecule has 1 aliphatic heterocycles. The maximum Gasteiger partial charge on any atom is 0.238 e. The van der Waals surface area contributed by atoms with Gasteiger partial charge in [0.2, 0.25) is 15.9 Å². The van der Waals surface area contributed by atoms with Gasteiger partial charge in [0, 0.05) is 6.54 Å². The van der Waals surface area contributed by atoms with Gasteiger partial charge < -0.3 is 10.1 Å². The number of carbonyl (C=O) groups is 1. The number of carbonyl (C=O) groups excluding carboxylic acids is 1. The van der Waals surface area contributed by atoms with Crippen molar-refractivity contribution in [1.82, 2.24) is 5.32 Å². The summed E-state index contributed by atoms with van der Waals surface area (Å²) < 4.78 is 27.4. The molecule has 1 amide bonds. The molecule has 116 valence electrons. The standard InChI is InChI=1S/C14H20N2O4S/c1-2-14(9-20-10-14)13(17)16-8-7-11-3-5-12(6-4-11)21(15,18)19/h3-6H,2,7-10H2,1H3,(H,16,17)(H2,15,18,19). The molecule has 1 heterocycles. The third kappa shape index (κ3) is 3.61. The van der Waals surface area contributed by atoms with Crippen molar-refractivity contribution in [2.75, 3.05) is 19.8 Å². The molecule has 0 aliphatic carbocycles. The van der Waals surface area contributed by atoms with Crippen molar-refractivity contribution in [3.63, 3.8) is 0 Å². The van der Waals surface area contributed by atoms with E-state index in [1.165, 1.54) is 12.1 Å². The molecular formula is C14H20N2O4S. The Kier molecular flexibility index (Phi) is 4.65. The van der Waals surface area contributed by atoms with Gasteiger partial charge in [-0.25, -0.2) is 13.6 Å². The Hall–Kier alpha value is -1.44. The first-order valence-electron chi connectivity index (χ1n) is 6.85. The van der Waals surface area contributed by atoms with E-state index in [0.29, 0.717) is 26.2 Å². The normalized spacial score (nSPS) is 17.0. The van der Waals surface area contributed by atoms with Crippen LogP contribution in [0.25, 0.3) is 0 Å². The molecule has 2 rings (SSSR count). The molecule has 0 spiro atoms. The molecule has 0 radical (unpaired) electrons. The zero-order valence-corrected chi connectivity index (χ0v) is 12.8. The van der Waals surface area contributed by atoms with Crippen LogP contribution in [-0.4, -0.2) is 34.1 Å². The van der Waals surface area contributed by atoms with Crippen LogP contribution in [0.15, 0.2) is 29.2 Å². The summed E-state index contributed by atoms with van der Waals surface area (Å²) >= 11 is 0. The zero-order chi connectivity index (χ0) is 15.5. The van der Waals surface area contributed by atoms with Crippen molar-refractivity contribution >= 4 is 15.9 Å². The Morgan fingerprint density at radius 3 is 2.38 bits per heavy atom. The summed E-state index contributed by atoms with van der Waals surface area (Å²) in [4.78, 5) is 12.2. The second kappa shape index (κ2) is 6.13. The fraction of sp³-hybridized carbons (Fsp3) is 0.500. The SMILES string of the molecule is CCC1(C(=O)NCCc2ccc(S(N)(=O)=O)cc2)COC1. The van der Waals surface area contributed by atoms with Gasteiger partial charge in [-0.15, -0.1) is 0 Å². The first-order chi connectivity index (χ1) is 9.87. The molecule has 0 atom stereocenters. The van der Waals surface area contributed by atoms with Crippen LogP contribution in [0.3, 0.4) is 0 Å². The Morgan fingerprint density at radius 1 is 1.33 bits per heavy atom. The molecule has 6 nitrogen and oxygen atoms in total. The Bertz CT molecular complexity index is 601. The van der Waals surface area contributed by atoms with Gasteiger partial charge in [0.1, 0.15) is 0 Å². The van der Waals surface area contributed by atoms with Gasteiger partial charge in [-0.05, 0) is 30.5 Å². The van der Waals surface area contributed by atoms with Crippen molar-refractivity contribution in [1.29, 1.82) is 0 Å². The number of nitrogens with one attached hydrogen (secondary N) is 1. The van der Waals surface area contributed by atoms with E-state index in [2.05, 4.69) is 5.32 Å². The van der Waals surface area contributed by atoms with Gasteiger partial charge in [0.25, 0.3) is 0 Å². The lowest BCUT2D eigenvalue weighted by Gasteiger charge is -2.39. The quantitative estimate of drug-likeness (QED) is 0.795. The number of sulfonamides is 1. The highest BCUT2D eigenvalue weighted by molar-refractivity contribution is 7.89. The predicted octanol–water partition coefficient (Wildman–Crippen LogP) is 0.419. The van der Waals surface area contributed by atoms with Crippen LogP contribution in [0.1, 0.15) is 18.9 Å². The molecule has 0 saturated carbocycles. The maximum atomic E-state index is 12.1. The maximum absolute atomic E-state index is 12.1. The highest BCUT2D eigenvalue weighted by Gasteiger charge is 2.43. The summed E-state index contributed by atoms with van der Waals surface area (Å²) in [5.74, 6) is 0.0254. The third-order valence-electron chi connectivity index (χ3n) is 3.87. The van der Waals surface area contributed by atoms with Crippen LogP contribution in [0.5, 0.6) is 0 Å². The Labute approximate surface area is 124 Å². The summed E-state index contributed by atoms with van der Waals surface area (Å²) in [7, 11) is -3.66. The average Bonchev–Trinajstić information content (AvgIpc) is 2.37. The number of benzene rings is 1. The van der Waals surface area contributed by atoms with E-state index in [-0.39, 0.29) is 16.2 Å². The first kappa shape index (κ1) is 15.9. The van der Waals surface area contributed by atoms with Crippen molar-refractivity contribution < 1.29 is 17.9 Å². The van der Waals surface area contributed by atoms with E-state index in [1.807, 2.05) is 6.92 Å². The number of amides is 1. The predicted molar refractivity (Wildman–Crippen MR) is 78.1 cm³/mol. The minimum Gasteiger partial charge on any atom is -0.379 e. The van der Waals surface area contributed by atoms with Crippen LogP contribution in [0.4, 0.5) is 0 Å². The van der Waals surface area contributed by atoms with Gasteiger partial charge in [-0.3, -0.25) is 4.79 Å². The fourth-order valence-electron chi connectivity index (χ4n) is 2.20. The Morgan fingerprint density at radius 2 is 1.95 bits per heavy atom. The van der Waals surface area contributed by atoms with E-state index in [0.717, 1.165) is 12.0 Å². The lowest BCUT2D eigenvalue weighted by atomic mass is 9.82. The molecule has 1 aromatic rings. The van der Waals surface area contributed by atoms with Crippen molar-refractivity contribution in [2.24, 2.45) is 10.6 Å². The minimum atomic E-state index is -3.66. The lowest BCUT2D eigenvalue weighted by Crippen LogP contribution is -2.53. The number of nitrogens with two attached hydrogens (primary N) is 1. The van der Waals surface area contributed by atoms with Crippen LogP contribution < -0.4 is 10.5 Å². The van der Waals surface area contributed by atoms with Crippen LogP contribution in [0.2, 0.25) is 0 Å². The van der Waals surface area contributed by atoms with E-state index in [4.69, 9.17) is 9.88 Å². The second-order valence-corrected chi connectivity index (χ2v) is 6.88. The Balaban J connectivity index is 1.85. The number of ether oxygens (including phenoxy) is 1. The van der Waals surface area contributed by atoms with Gasteiger partial charge in [-0.2, -0.15) is 0 Å². The molecule has 3 N–H and O–H groups in total. The highest BCUT2D eigenvalue weighted by atomic mass is 32.2. The van der Waals surface area contributed by atoms with Gasteiger partial charge in [-0.1, -0.05) is 19.1 Å². The second-order valence-electron chi connectivity index (χ2n) is 5.32. The van der Waals surface area contributed by atoms with Crippen LogP contribution in [0, 0.1) is 5.41 Å². The summed E-state index contributed by atoms with van der Waals surface area (Å²) in [5.41, 5.74) is 0.579. The number of primary sulfonamides is 1. The van der Waals surface area contributed by atoms with E-state index >= 15 is 0 Å². The number of hydrogen-bond donors (Lipinski definition) is 2. The fourth-order valence-corrected chi connectivity index (χ4v) is 2.71. The molecule has 1 fully saturated rings. The van der Waals surface area contributed by atoms with Gasteiger partial charge >= 0.3 is 0 Å². The van der Waals surface area contributed by atoms with Crippen molar-refractivity contribution in [2.45, 2.75) is 24.7 Å². The van der Waals surface area contributed by atoms with E-state index < -0.39 is 10.0 Å². The summed E-state index contributed by atoms with van der Waals surface area (Å²) in [6.45, 7) is 3.46. The van der Waals surface area contributed by atoms with Crippen LogP contribution in [-0.2, 0) is 26.0 Å². The average molecular weight is 312 g/mol. The monoisotopic (exact) mass is 312 g/mol. The molecule has 0 bridgehead atoms.